The van der Waals surface area contributed by atoms with Crippen LogP contribution in [0.1, 0.15) is 115 Å². The fourth-order valence-electron chi connectivity index (χ4n) is 4.22. The quantitative estimate of drug-likeness (QED) is 0.161. The molecule has 0 saturated carbocycles. The molecule has 1 heterocycles. The number of hydrogen-bond acceptors (Lipinski definition) is 3. The Hall–Kier alpha value is -1.77. The number of rotatable bonds is 17. The summed E-state index contributed by atoms with van der Waals surface area (Å²) in [5.41, 5.74) is 7.72. The molecule has 0 saturated heterocycles. The highest BCUT2D eigenvalue weighted by Crippen LogP contribution is 2.18. The van der Waals surface area contributed by atoms with Crippen LogP contribution in [0.5, 0.6) is 0 Å². The number of fused-ring (bicyclic) bond motifs is 1. The zero-order valence-corrected chi connectivity index (χ0v) is 19.2. The first-order valence-corrected chi connectivity index (χ1v) is 12.5. The molecule has 0 radical (unpaired) electrons. The van der Waals surface area contributed by atoms with Gasteiger partial charge in [0.2, 0.25) is 0 Å². The van der Waals surface area contributed by atoms with Gasteiger partial charge >= 0.3 is 5.63 Å². The van der Waals surface area contributed by atoms with E-state index in [0.717, 1.165) is 23.8 Å². The lowest BCUT2D eigenvalue weighted by Crippen LogP contribution is -2.07. The Morgan fingerprint density at radius 2 is 1.20 bits per heavy atom. The molecule has 0 atom stereocenters. The minimum absolute atomic E-state index is 0.201. The lowest BCUT2D eigenvalue weighted by atomic mass is 10.0. The molecule has 0 fully saturated rings. The van der Waals surface area contributed by atoms with Crippen LogP contribution in [-0.2, 0) is 6.42 Å². The summed E-state index contributed by atoms with van der Waals surface area (Å²) in [6.07, 6.45) is 22.5. The van der Waals surface area contributed by atoms with E-state index in [1.165, 1.54) is 96.3 Å². The largest absolute Gasteiger partial charge is 0.423 e. The highest BCUT2D eigenvalue weighted by molar-refractivity contribution is 5.80. The zero-order chi connectivity index (χ0) is 21.4. The third kappa shape index (κ3) is 9.82. The van der Waals surface area contributed by atoms with Crippen LogP contribution in [0.3, 0.4) is 0 Å². The van der Waals surface area contributed by atoms with Gasteiger partial charge in [0.15, 0.2) is 0 Å². The Labute approximate surface area is 183 Å². The topological polar surface area (TPSA) is 56.2 Å². The van der Waals surface area contributed by atoms with E-state index in [-0.39, 0.29) is 5.63 Å². The molecule has 1 aromatic heterocycles. The van der Waals surface area contributed by atoms with Crippen molar-refractivity contribution >= 4 is 16.7 Å². The summed E-state index contributed by atoms with van der Waals surface area (Å²) in [5, 5.41) is 0.918. The second kappa shape index (κ2) is 15.1. The molecule has 2 aromatic rings. The highest BCUT2D eigenvalue weighted by atomic mass is 16.4. The van der Waals surface area contributed by atoms with Gasteiger partial charge in [0, 0.05) is 16.6 Å². The van der Waals surface area contributed by atoms with Crippen molar-refractivity contribution in [2.24, 2.45) is 0 Å². The molecule has 0 bridgehead atoms. The first-order chi connectivity index (χ1) is 14.7. The van der Waals surface area contributed by atoms with Crippen LogP contribution in [0.2, 0.25) is 0 Å². The summed E-state index contributed by atoms with van der Waals surface area (Å²) < 4.78 is 5.42. The molecule has 0 spiro atoms. The van der Waals surface area contributed by atoms with E-state index in [1.807, 2.05) is 12.1 Å². The lowest BCUT2D eigenvalue weighted by molar-refractivity contribution is 0.526. The summed E-state index contributed by atoms with van der Waals surface area (Å²) in [6, 6.07) is 7.35. The Balaban J connectivity index is 1.44. The molecular weight excluding hydrogens is 370 g/mol. The van der Waals surface area contributed by atoms with Crippen LogP contribution in [0.4, 0.5) is 5.69 Å². The average molecular weight is 414 g/mol. The molecule has 3 heteroatoms. The summed E-state index contributed by atoms with van der Waals surface area (Å²) in [5.74, 6) is 0. The maximum atomic E-state index is 12.1. The van der Waals surface area contributed by atoms with Crippen molar-refractivity contribution in [2.45, 2.75) is 116 Å². The predicted octanol–water partition coefficient (Wildman–Crippen LogP) is 8.18. The molecule has 2 rings (SSSR count). The summed E-state index contributed by atoms with van der Waals surface area (Å²) in [4.78, 5) is 12.1. The van der Waals surface area contributed by atoms with E-state index in [2.05, 4.69) is 6.92 Å². The van der Waals surface area contributed by atoms with Crippen molar-refractivity contribution in [1.29, 1.82) is 0 Å². The van der Waals surface area contributed by atoms with Crippen molar-refractivity contribution in [3.05, 3.63) is 40.2 Å². The Kier molecular flexibility index (Phi) is 12.3. The van der Waals surface area contributed by atoms with Gasteiger partial charge in [-0.3, -0.25) is 0 Å². The van der Waals surface area contributed by atoms with Gasteiger partial charge in [-0.1, -0.05) is 103 Å². The van der Waals surface area contributed by atoms with Gasteiger partial charge in [0.1, 0.15) is 5.58 Å². The maximum absolute atomic E-state index is 12.1. The molecule has 168 valence electrons. The molecule has 0 amide bonds. The van der Waals surface area contributed by atoms with E-state index in [4.69, 9.17) is 10.2 Å². The SMILES string of the molecule is CCCCCCCCCCCCCCCCCCc1cc2cc(N)ccc2oc1=O. The van der Waals surface area contributed by atoms with Gasteiger partial charge in [-0.2, -0.15) is 0 Å². The lowest BCUT2D eigenvalue weighted by Gasteiger charge is -2.04. The van der Waals surface area contributed by atoms with Crippen LogP contribution >= 0.6 is 0 Å². The Bertz CT molecular complexity index is 765. The normalized spacial score (nSPS) is 11.4. The minimum atomic E-state index is -0.201. The molecule has 0 aliphatic carbocycles. The van der Waals surface area contributed by atoms with Crippen molar-refractivity contribution < 1.29 is 4.42 Å². The van der Waals surface area contributed by atoms with Gasteiger partial charge in [-0.25, -0.2) is 4.79 Å². The first-order valence-electron chi connectivity index (χ1n) is 12.5. The van der Waals surface area contributed by atoms with E-state index in [9.17, 15) is 4.79 Å². The third-order valence-corrected chi connectivity index (χ3v) is 6.13. The summed E-state index contributed by atoms with van der Waals surface area (Å²) >= 11 is 0. The fraction of sp³-hybridized carbons (Fsp3) is 0.667. The fourth-order valence-corrected chi connectivity index (χ4v) is 4.22. The Morgan fingerprint density at radius 3 is 1.73 bits per heavy atom. The molecule has 2 N–H and O–H groups in total. The molecular formula is C27H43NO2. The highest BCUT2D eigenvalue weighted by Gasteiger charge is 2.05. The first kappa shape index (κ1) is 24.5. The van der Waals surface area contributed by atoms with Gasteiger partial charge in [0.05, 0.1) is 0 Å². The zero-order valence-electron chi connectivity index (χ0n) is 19.2. The number of unbranched alkanes of at least 4 members (excludes halogenated alkanes) is 15. The number of nitrogens with two attached hydrogens (primary N) is 1. The monoisotopic (exact) mass is 413 g/mol. The van der Waals surface area contributed by atoms with Crippen molar-refractivity contribution in [3.8, 4) is 0 Å². The molecule has 1 aromatic carbocycles. The number of hydrogen-bond donors (Lipinski definition) is 1. The summed E-state index contributed by atoms with van der Waals surface area (Å²) in [7, 11) is 0. The van der Waals surface area contributed by atoms with Crippen molar-refractivity contribution in [3.63, 3.8) is 0 Å². The molecule has 0 aliphatic rings. The smallest absolute Gasteiger partial charge is 0.339 e. The second-order valence-electron chi connectivity index (χ2n) is 8.91. The van der Waals surface area contributed by atoms with E-state index in [1.54, 1.807) is 12.1 Å². The number of anilines is 1. The maximum Gasteiger partial charge on any atom is 0.339 e. The van der Waals surface area contributed by atoms with Crippen LogP contribution in [0, 0.1) is 0 Å². The molecule has 3 nitrogen and oxygen atoms in total. The average Bonchev–Trinajstić information content (AvgIpc) is 2.74. The van der Waals surface area contributed by atoms with Gasteiger partial charge < -0.3 is 10.2 Å². The third-order valence-electron chi connectivity index (χ3n) is 6.13. The van der Waals surface area contributed by atoms with Crippen LogP contribution < -0.4 is 11.4 Å². The van der Waals surface area contributed by atoms with Crippen LogP contribution in [-0.4, -0.2) is 0 Å². The van der Waals surface area contributed by atoms with Crippen molar-refractivity contribution in [1.82, 2.24) is 0 Å². The van der Waals surface area contributed by atoms with Crippen LogP contribution in [0.15, 0.2) is 33.5 Å². The molecule has 0 unspecified atom stereocenters. The number of benzene rings is 1. The van der Waals surface area contributed by atoms with E-state index in [0.29, 0.717) is 11.3 Å². The van der Waals surface area contributed by atoms with E-state index < -0.39 is 0 Å². The predicted molar refractivity (Wildman–Crippen MR) is 130 cm³/mol. The number of nitrogen functional groups attached to an aromatic ring is 1. The molecule has 30 heavy (non-hydrogen) atoms. The van der Waals surface area contributed by atoms with Gasteiger partial charge in [-0.05, 0) is 37.1 Å². The Morgan fingerprint density at radius 1 is 0.700 bits per heavy atom. The van der Waals surface area contributed by atoms with E-state index >= 15 is 0 Å². The molecule has 0 aliphatic heterocycles. The van der Waals surface area contributed by atoms with Gasteiger partial charge in [0.25, 0.3) is 0 Å². The van der Waals surface area contributed by atoms with Crippen molar-refractivity contribution in [2.75, 3.05) is 5.73 Å². The minimum Gasteiger partial charge on any atom is -0.423 e. The summed E-state index contributed by atoms with van der Waals surface area (Å²) in [6.45, 7) is 2.28. The van der Waals surface area contributed by atoms with Gasteiger partial charge in [-0.15, -0.1) is 0 Å². The van der Waals surface area contributed by atoms with Crippen LogP contribution in [0.25, 0.3) is 11.0 Å². The standard InChI is InChI=1S/C27H43NO2/c1-2-3-4-5-6-7-8-9-10-11-12-13-14-15-16-17-18-23-21-24-22-25(28)19-20-26(24)30-27(23)29/h19-22H,2-18,28H2,1H3. The number of aryl methyl sites for hydroxylation is 1. The second-order valence-corrected chi connectivity index (χ2v) is 8.91.